The van der Waals surface area contributed by atoms with Crippen LogP contribution in [-0.4, -0.2) is 37.2 Å². The number of ether oxygens (including phenoxy) is 3. The van der Waals surface area contributed by atoms with Gasteiger partial charge in [0.1, 0.15) is 13.2 Å². The summed E-state index contributed by atoms with van der Waals surface area (Å²) in [6.45, 7) is 11.4. The second-order valence-corrected chi connectivity index (χ2v) is 19.8. The van der Waals surface area contributed by atoms with E-state index in [2.05, 4.69) is 34.6 Å². The zero-order chi connectivity index (χ0) is 44.7. The van der Waals surface area contributed by atoms with Gasteiger partial charge < -0.3 is 14.2 Å². The highest BCUT2D eigenvalue weighted by atomic mass is 16.6. The van der Waals surface area contributed by atoms with E-state index in [-0.39, 0.29) is 31.1 Å². The monoisotopic (exact) mass is 863 g/mol. The van der Waals surface area contributed by atoms with Gasteiger partial charge in [-0.2, -0.15) is 0 Å². The van der Waals surface area contributed by atoms with E-state index in [1.807, 2.05) is 0 Å². The van der Waals surface area contributed by atoms with Crippen molar-refractivity contribution in [3.63, 3.8) is 0 Å². The molecule has 0 aliphatic rings. The molecule has 0 rings (SSSR count). The van der Waals surface area contributed by atoms with Gasteiger partial charge in [0.05, 0.1) is 0 Å². The van der Waals surface area contributed by atoms with Crippen molar-refractivity contribution in [3.8, 4) is 0 Å². The summed E-state index contributed by atoms with van der Waals surface area (Å²) in [6, 6.07) is 0. The summed E-state index contributed by atoms with van der Waals surface area (Å²) in [5.74, 6) is 0.797. The maximum atomic E-state index is 12.8. The van der Waals surface area contributed by atoms with Gasteiger partial charge in [0.25, 0.3) is 0 Å². The Kier molecular flexibility index (Phi) is 46.6. The number of hydrogen-bond acceptors (Lipinski definition) is 6. The molecule has 1 atom stereocenters. The summed E-state index contributed by atoms with van der Waals surface area (Å²) in [6.07, 6.45) is 49.5. The first kappa shape index (κ1) is 59.4. The van der Waals surface area contributed by atoms with Gasteiger partial charge in [-0.3, -0.25) is 14.4 Å². The summed E-state index contributed by atoms with van der Waals surface area (Å²) >= 11 is 0. The average molecular weight is 863 g/mol. The standard InChI is InChI=1S/C55H106O6/c1-6-7-8-9-10-11-12-13-14-15-16-21-26-32-37-42-47-55(58)61-52(49-60-54(57)46-41-36-31-27-22-24-29-34-39-44-51(4)5)48-59-53(56)45-40-35-30-25-20-18-17-19-23-28-33-38-43-50(2)3/h50-52H,6-49H2,1-5H3/t52-/m0/s1. The number of carbonyl (C=O) groups is 3. The Morgan fingerprint density at radius 2 is 0.541 bits per heavy atom. The molecule has 0 aliphatic heterocycles. The lowest BCUT2D eigenvalue weighted by Crippen LogP contribution is -2.30. The van der Waals surface area contributed by atoms with Crippen molar-refractivity contribution in [3.05, 3.63) is 0 Å². The van der Waals surface area contributed by atoms with Crippen molar-refractivity contribution in [1.29, 1.82) is 0 Å². The van der Waals surface area contributed by atoms with Crippen LogP contribution < -0.4 is 0 Å². The lowest BCUT2D eigenvalue weighted by atomic mass is 10.0. The fourth-order valence-corrected chi connectivity index (χ4v) is 8.34. The molecule has 0 aromatic rings. The third-order valence-electron chi connectivity index (χ3n) is 12.5. The van der Waals surface area contributed by atoms with Crippen LogP contribution in [0.4, 0.5) is 0 Å². The Morgan fingerprint density at radius 3 is 0.803 bits per heavy atom. The third-order valence-corrected chi connectivity index (χ3v) is 12.5. The van der Waals surface area contributed by atoms with Gasteiger partial charge in [-0.1, -0.05) is 266 Å². The minimum absolute atomic E-state index is 0.0635. The van der Waals surface area contributed by atoms with Crippen molar-refractivity contribution >= 4 is 17.9 Å². The molecule has 0 heterocycles. The number of unbranched alkanes of at least 4 members (excludes halogenated alkanes) is 34. The highest BCUT2D eigenvalue weighted by Crippen LogP contribution is 2.18. The van der Waals surface area contributed by atoms with Crippen LogP contribution >= 0.6 is 0 Å². The Labute approximate surface area is 380 Å². The van der Waals surface area contributed by atoms with Crippen LogP contribution in [0.1, 0.15) is 304 Å². The topological polar surface area (TPSA) is 78.9 Å². The summed E-state index contributed by atoms with van der Waals surface area (Å²) in [7, 11) is 0. The zero-order valence-corrected chi connectivity index (χ0v) is 41.8. The Hall–Kier alpha value is -1.59. The van der Waals surface area contributed by atoms with Crippen LogP contribution in [0.3, 0.4) is 0 Å². The summed E-state index contributed by atoms with van der Waals surface area (Å²) in [5, 5.41) is 0. The van der Waals surface area contributed by atoms with Crippen molar-refractivity contribution in [1.82, 2.24) is 0 Å². The predicted molar refractivity (Wildman–Crippen MR) is 261 cm³/mol. The molecule has 0 amide bonds. The van der Waals surface area contributed by atoms with Gasteiger partial charge >= 0.3 is 17.9 Å². The molecule has 61 heavy (non-hydrogen) atoms. The largest absolute Gasteiger partial charge is 0.462 e. The lowest BCUT2D eigenvalue weighted by Gasteiger charge is -2.18. The molecular weight excluding hydrogens is 757 g/mol. The zero-order valence-electron chi connectivity index (χ0n) is 41.8. The first-order valence-corrected chi connectivity index (χ1v) is 27.2. The molecule has 0 bridgehead atoms. The van der Waals surface area contributed by atoms with Crippen molar-refractivity contribution < 1.29 is 28.6 Å². The molecule has 6 heteroatoms. The van der Waals surface area contributed by atoms with Crippen molar-refractivity contribution in [2.24, 2.45) is 11.8 Å². The summed E-state index contributed by atoms with van der Waals surface area (Å²) in [5.41, 5.74) is 0. The van der Waals surface area contributed by atoms with Gasteiger partial charge in [-0.05, 0) is 31.1 Å². The molecular formula is C55H106O6. The van der Waals surface area contributed by atoms with Crippen LogP contribution in [0.2, 0.25) is 0 Å². The fourth-order valence-electron chi connectivity index (χ4n) is 8.34. The molecule has 0 aromatic heterocycles. The molecule has 6 nitrogen and oxygen atoms in total. The SMILES string of the molecule is CCCCCCCCCCCCCCCCCCC(=O)O[C@@H](COC(=O)CCCCCCCCCCCCCCC(C)C)COC(=O)CCCCCCCCCCCC(C)C. The quantitative estimate of drug-likeness (QED) is 0.0344. The highest BCUT2D eigenvalue weighted by molar-refractivity contribution is 5.71. The summed E-state index contributed by atoms with van der Waals surface area (Å²) in [4.78, 5) is 38.0. The van der Waals surface area contributed by atoms with Gasteiger partial charge in [-0.15, -0.1) is 0 Å². The molecule has 0 unspecified atom stereocenters. The molecule has 0 fully saturated rings. The first-order valence-electron chi connectivity index (χ1n) is 27.2. The minimum Gasteiger partial charge on any atom is -0.462 e. The Morgan fingerprint density at radius 1 is 0.311 bits per heavy atom. The van der Waals surface area contributed by atoms with Gasteiger partial charge in [0.2, 0.25) is 0 Å². The number of carbonyl (C=O) groups excluding carboxylic acids is 3. The van der Waals surface area contributed by atoms with E-state index < -0.39 is 6.10 Å². The molecule has 0 spiro atoms. The highest BCUT2D eigenvalue weighted by Gasteiger charge is 2.19. The van der Waals surface area contributed by atoms with E-state index >= 15 is 0 Å². The predicted octanol–water partition coefficient (Wildman–Crippen LogP) is 17.7. The van der Waals surface area contributed by atoms with Crippen LogP contribution in [0, 0.1) is 11.8 Å². The number of esters is 3. The van der Waals surface area contributed by atoms with Gasteiger partial charge in [0.15, 0.2) is 6.10 Å². The maximum absolute atomic E-state index is 12.8. The average Bonchev–Trinajstić information content (AvgIpc) is 3.23. The molecule has 362 valence electrons. The second kappa shape index (κ2) is 47.9. The summed E-state index contributed by atoms with van der Waals surface area (Å²) < 4.78 is 16.8. The second-order valence-electron chi connectivity index (χ2n) is 19.8. The van der Waals surface area contributed by atoms with Gasteiger partial charge in [-0.25, -0.2) is 0 Å². The Bertz CT molecular complexity index is 931. The van der Waals surface area contributed by atoms with E-state index in [0.29, 0.717) is 19.3 Å². The smallest absolute Gasteiger partial charge is 0.306 e. The Balaban J connectivity index is 4.30. The van der Waals surface area contributed by atoms with Crippen LogP contribution in [0.25, 0.3) is 0 Å². The molecule has 0 aliphatic carbocycles. The van der Waals surface area contributed by atoms with Gasteiger partial charge in [0, 0.05) is 19.3 Å². The van der Waals surface area contributed by atoms with E-state index in [4.69, 9.17) is 14.2 Å². The third kappa shape index (κ3) is 49.3. The van der Waals surface area contributed by atoms with Crippen molar-refractivity contribution in [2.75, 3.05) is 13.2 Å². The van der Waals surface area contributed by atoms with Crippen molar-refractivity contribution in [2.45, 2.75) is 310 Å². The number of hydrogen-bond donors (Lipinski definition) is 0. The maximum Gasteiger partial charge on any atom is 0.306 e. The molecule has 0 saturated carbocycles. The molecule has 0 N–H and O–H groups in total. The number of rotatable bonds is 49. The van der Waals surface area contributed by atoms with Crippen LogP contribution in [-0.2, 0) is 28.6 Å². The van der Waals surface area contributed by atoms with E-state index in [0.717, 1.165) is 69.6 Å². The van der Waals surface area contributed by atoms with E-state index in [1.165, 1.54) is 193 Å². The van der Waals surface area contributed by atoms with Crippen LogP contribution in [0.5, 0.6) is 0 Å². The molecule has 0 aromatic carbocycles. The first-order chi connectivity index (χ1) is 29.7. The van der Waals surface area contributed by atoms with Crippen LogP contribution in [0.15, 0.2) is 0 Å². The fraction of sp³-hybridized carbons (Fsp3) is 0.945. The lowest BCUT2D eigenvalue weighted by molar-refractivity contribution is -0.167. The normalized spacial score (nSPS) is 12.0. The van der Waals surface area contributed by atoms with E-state index in [9.17, 15) is 14.4 Å². The minimum atomic E-state index is -0.762. The van der Waals surface area contributed by atoms with E-state index in [1.54, 1.807) is 0 Å². The molecule has 0 saturated heterocycles. The molecule has 0 radical (unpaired) electrons.